The number of hydrogen-bond donors (Lipinski definition) is 1. The fourth-order valence-corrected chi connectivity index (χ4v) is 4.26. The molecule has 1 aromatic heterocycles. The second-order valence-corrected chi connectivity index (χ2v) is 9.12. The van der Waals surface area contributed by atoms with Gasteiger partial charge in [0, 0.05) is 24.4 Å². The van der Waals surface area contributed by atoms with Crippen molar-refractivity contribution in [2.45, 2.75) is 46.8 Å². The first-order chi connectivity index (χ1) is 12.3. The van der Waals surface area contributed by atoms with Gasteiger partial charge in [0.1, 0.15) is 0 Å². The van der Waals surface area contributed by atoms with Crippen LogP contribution in [0, 0.1) is 18.3 Å². The highest BCUT2D eigenvalue weighted by atomic mass is 32.1. The van der Waals surface area contributed by atoms with Crippen LogP contribution >= 0.6 is 11.3 Å². The molecule has 0 aliphatic carbocycles. The molecule has 0 spiro atoms. The number of anilines is 1. The molecule has 144 valence electrons. The Balaban J connectivity index is 1.61. The van der Waals surface area contributed by atoms with E-state index in [4.69, 9.17) is 9.47 Å². The first-order valence-corrected chi connectivity index (χ1v) is 10.0. The molecule has 0 atom stereocenters. The first-order valence-electron chi connectivity index (χ1n) is 9.20. The molecule has 7 heteroatoms. The normalized spacial score (nSPS) is 19.8. The van der Waals surface area contributed by atoms with Gasteiger partial charge >= 0.3 is 0 Å². The minimum atomic E-state index is -0.464. The van der Waals surface area contributed by atoms with Gasteiger partial charge in [-0.15, -0.1) is 11.3 Å². The molecule has 1 N–H and O–H groups in total. The van der Waals surface area contributed by atoms with E-state index < -0.39 is 5.41 Å². The molecule has 0 aromatic carbocycles. The van der Waals surface area contributed by atoms with E-state index in [2.05, 4.69) is 5.32 Å². The third kappa shape index (κ3) is 4.27. The Hall–Kier alpha value is -1.44. The summed E-state index contributed by atoms with van der Waals surface area (Å²) in [4.78, 5) is 27.7. The Morgan fingerprint density at radius 3 is 2.38 bits per heavy atom. The van der Waals surface area contributed by atoms with E-state index in [1.807, 2.05) is 38.7 Å². The van der Waals surface area contributed by atoms with E-state index in [0.29, 0.717) is 37.1 Å². The van der Waals surface area contributed by atoms with Crippen molar-refractivity contribution in [3.05, 3.63) is 16.5 Å². The lowest BCUT2D eigenvalue weighted by Gasteiger charge is -2.33. The second-order valence-electron chi connectivity index (χ2n) is 8.07. The summed E-state index contributed by atoms with van der Waals surface area (Å²) in [6.45, 7) is 10.3. The van der Waals surface area contributed by atoms with Crippen LogP contribution in [0.25, 0.3) is 0 Å². The van der Waals surface area contributed by atoms with Crippen LogP contribution < -0.4 is 5.32 Å². The zero-order valence-electron chi connectivity index (χ0n) is 16.0. The van der Waals surface area contributed by atoms with Gasteiger partial charge in [0.2, 0.25) is 5.91 Å². The molecule has 3 heterocycles. The fourth-order valence-electron chi connectivity index (χ4n) is 3.22. The van der Waals surface area contributed by atoms with Crippen molar-refractivity contribution in [1.82, 2.24) is 4.90 Å². The predicted molar refractivity (Wildman–Crippen MR) is 101 cm³/mol. The molecular formula is C19H28N2O4S. The Labute approximate surface area is 158 Å². The lowest BCUT2D eigenvalue weighted by Crippen LogP contribution is -2.41. The van der Waals surface area contributed by atoms with Crippen LogP contribution in [0.15, 0.2) is 6.07 Å². The second kappa shape index (κ2) is 7.66. The van der Waals surface area contributed by atoms with Crippen LogP contribution in [0.1, 0.15) is 48.8 Å². The van der Waals surface area contributed by atoms with Crippen LogP contribution in [0.3, 0.4) is 0 Å². The van der Waals surface area contributed by atoms with Gasteiger partial charge in [-0.25, -0.2) is 0 Å². The minimum Gasteiger partial charge on any atom is -0.350 e. The smallest absolute Gasteiger partial charge is 0.264 e. The molecule has 0 bridgehead atoms. The van der Waals surface area contributed by atoms with Crippen LogP contribution in [-0.4, -0.2) is 49.3 Å². The van der Waals surface area contributed by atoms with Crippen molar-refractivity contribution < 1.29 is 19.1 Å². The molecule has 2 saturated heterocycles. The Morgan fingerprint density at radius 2 is 1.81 bits per heavy atom. The number of thiophene rings is 1. The van der Waals surface area contributed by atoms with Gasteiger partial charge in [-0.05, 0) is 31.4 Å². The number of carbonyl (C=O) groups excluding carboxylic acids is 2. The predicted octanol–water partition coefficient (Wildman–Crippen LogP) is 3.27. The number of aryl methyl sites for hydroxylation is 1. The molecule has 2 aliphatic heterocycles. The van der Waals surface area contributed by atoms with Gasteiger partial charge in [-0.2, -0.15) is 0 Å². The fraction of sp³-hybridized carbons (Fsp3) is 0.684. The number of hydrogen-bond acceptors (Lipinski definition) is 5. The summed E-state index contributed by atoms with van der Waals surface area (Å²) < 4.78 is 11.2. The topological polar surface area (TPSA) is 67.9 Å². The van der Waals surface area contributed by atoms with E-state index in [0.717, 1.165) is 23.4 Å². The molecule has 0 radical (unpaired) electrons. The Bertz CT molecular complexity index is 666. The number of nitrogens with one attached hydrogen (secondary N) is 1. The molecule has 2 fully saturated rings. The number of ether oxygens (including phenoxy) is 2. The largest absolute Gasteiger partial charge is 0.350 e. The summed E-state index contributed by atoms with van der Waals surface area (Å²) in [6, 6.07) is 1.88. The van der Waals surface area contributed by atoms with E-state index in [1.165, 1.54) is 11.3 Å². The zero-order chi connectivity index (χ0) is 18.9. The molecule has 6 nitrogen and oxygen atoms in total. The Morgan fingerprint density at radius 1 is 1.19 bits per heavy atom. The molecule has 3 rings (SSSR count). The van der Waals surface area contributed by atoms with Gasteiger partial charge < -0.3 is 19.7 Å². The third-order valence-corrected chi connectivity index (χ3v) is 6.03. The van der Waals surface area contributed by atoms with Gasteiger partial charge in [0.25, 0.3) is 5.91 Å². The number of carbonyl (C=O) groups is 2. The summed E-state index contributed by atoms with van der Waals surface area (Å²) in [5.74, 6) is 0.373. The highest BCUT2D eigenvalue weighted by Gasteiger charge is 2.33. The van der Waals surface area contributed by atoms with Crippen molar-refractivity contribution >= 4 is 28.2 Å². The summed E-state index contributed by atoms with van der Waals surface area (Å²) in [6.07, 6.45) is 1.69. The average molecular weight is 381 g/mol. The van der Waals surface area contributed by atoms with Crippen molar-refractivity contribution in [2.75, 3.05) is 31.6 Å². The number of rotatable bonds is 3. The molecular weight excluding hydrogens is 352 g/mol. The molecule has 26 heavy (non-hydrogen) atoms. The van der Waals surface area contributed by atoms with E-state index in [1.54, 1.807) is 0 Å². The van der Waals surface area contributed by atoms with Gasteiger partial charge in [-0.3, -0.25) is 9.59 Å². The number of likely N-dealkylation sites (tertiary alicyclic amines) is 1. The van der Waals surface area contributed by atoms with Gasteiger partial charge in [0.15, 0.2) is 6.29 Å². The van der Waals surface area contributed by atoms with E-state index >= 15 is 0 Å². The minimum absolute atomic E-state index is 0.0462. The van der Waals surface area contributed by atoms with Crippen molar-refractivity contribution in [3.63, 3.8) is 0 Å². The Kier molecular flexibility index (Phi) is 5.69. The number of piperidine rings is 1. The van der Waals surface area contributed by atoms with Gasteiger partial charge in [-0.1, -0.05) is 20.8 Å². The summed E-state index contributed by atoms with van der Waals surface area (Å²) in [7, 11) is 0. The zero-order valence-corrected chi connectivity index (χ0v) is 16.8. The molecule has 0 saturated carbocycles. The average Bonchev–Trinajstić information content (AvgIpc) is 3.23. The number of amides is 2. The van der Waals surface area contributed by atoms with Gasteiger partial charge in [0.05, 0.1) is 23.1 Å². The van der Waals surface area contributed by atoms with E-state index in [-0.39, 0.29) is 18.1 Å². The monoisotopic (exact) mass is 380 g/mol. The lowest BCUT2D eigenvalue weighted by molar-refractivity contribution is -0.123. The highest BCUT2D eigenvalue weighted by Crippen LogP contribution is 2.31. The molecule has 0 unspecified atom stereocenters. The molecule has 1 aromatic rings. The lowest BCUT2D eigenvalue weighted by atomic mass is 9.96. The molecule has 2 amide bonds. The van der Waals surface area contributed by atoms with Crippen molar-refractivity contribution in [3.8, 4) is 0 Å². The summed E-state index contributed by atoms with van der Waals surface area (Å²) in [5, 5.41) is 3.65. The first kappa shape index (κ1) is 19.3. The van der Waals surface area contributed by atoms with Crippen molar-refractivity contribution in [2.24, 2.45) is 11.3 Å². The highest BCUT2D eigenvalue weighted by molar-refractivity contribution is 7.18. The van der Waals surface area contributed by atoms with Crippen LogP contribution in [0.4, 0.5) is 5.00 Å². The quantitative estimate of drug-likeness (QED) is 0.874. The van der Waals surface area contributed by atoms with E-state index in [9.17, 15) is 9.59 Å². The number of nitrogens with zero attached hydrogens (tertiary/aromatic N) is 1. The summed E-state index contributed by atoms with van der Waals surface area (Å²) in [5.41, 5.74) is 0.447. The third-order valence-electron chi connectivity index (χ3n) is 4.89. The standard InChI is InChI=1S/C19H28N2O4S/c1-12-11-14(20-18(23)19(2,3)4)26-15(12)16(22)21-7-5-13(6-8-21)17-24-9-10-25-17/h11,13,17H,5-10H2,1-4H3,(H,20,23). The van der Waals surface area contributed by atoms with Crippen LogP contribution in [0.5, 0.6) is 0 Å². The SMILES string of the molecule is Cc1cc(NC(=O)C(C)(C)C)sc1C(=O)N1CCC(C2OCCO2)CC1. The van der Waals surface area contributed by atoms with Crippen LogP contribution in [-0.2, 0) is 14.3 Å². The van der Waals surface area contributed by atoms with Crippen LogP contribution in [0.2, 0.25) is 0 Å². The maximum atomic E-state index is 12.9. The van der Waals surface area contributed by atoms with Crippen molar-refractivity contribution in [1.29, 1.82) is 0 Å². The summed E-state index contributed by atoms with van der Waals surface area (Å²) >= 11 is 1.36. The molecule has 2 aliphatic rings. The maximum absolute atomic E-state index is 12.9. The maximum Gasteiger partial charge on any atom is 0.264 e.